The van der Waals surface area contributed by atoms with Crippen LogP contribution in [0.2, 0.25) is 0 Å². The molecule has 58 heavy (non-hydrogen) atoms. The summed E-state index contributed by atoms with van der Waals surface area (Å²) in [6.45, 7) is 4.63. The van der Waals surface area contributed by atoms with Crippen LogP contribution in [0.25, 0.3) is 89.8 Å². The van der Waals surface area contributed by atoms with Gasteiger partial charge in [0.15, 0.2) is 17.5 Å². The minimum atomic E-state index is -0.127. The van der Waals surface area contributed by atoms with E-state index < -0.39 is 0 Å². The molecule has 274 valence electrons. The van der Waals surface area contributed by atoms with Gasteiger partial charge in [0.25, 0.3) is 0 Å². The van der Waals surface area contributed by atoms with Crippen molar-refractivity contribution < 1.29 is 0 Å². The third kappa shape index (κ3) is 5.62. The molecule has 0 saturated heterocycles. The summed E-state index contributed by atoms with van der Waals surface area (Å²) in [6, 6.07) is 67.5. The molecule has 2 aliphatic carbocycles. The molecule has 0 N–H and O–H groups in total. The second kappa shape index (κ2) is 13.5. The van der Waals surface area contributed by atoms with Crippen molar-refractivity contribution in [2.75, 3.05) is 0 Å². The normalized spacial score (nSPS) is 13.1. The van der Waals surface area contributed by atoms with Crippen LogP contribution < -0.4 is 0 Å². The van der Waals surface area contributed by atoms with Gasteiger partial charge in [-0.1, -0.05) is 190 Å². The lowest BCUT2D eigenvalue weighted by atomic mass is 9.82. The molecule has 3 heteroatoms. The van der Waals surface area contributed by atoms with Gasteiger partial charge in [-0.05, 0) is 90.0 Å². The van der Waals surface area contributed by atoms with E-state index in [1.807, 2.05) is 18.2 Å². The van der Waals surface area contributed by atoms with Gasteiger partial charge in [0.2, 0.25) is 0 Å². The summed E-state index contributed by atoms with van der Waals surface area (Å²) in [5.74, 6) is 2.05. The van der Waals surface area contributed by atoms with Crippen LogP contribution >= 0.6 is 0 Å². The highest BCUT2D eigenvalue weighted by Gasteiger charge is 2.35. The minimum Gasteiger partial charge on any atom is -0.208 e. The number of fused-ring (bicyclic) bond motifs is 6. The molecule has 0 unspecified atom stereocenters. The summed E-state index contributed by atoms with van der Waals surface area (Å²) in [5, 5.41) is 0. The molecular weight excluding hydrogens is 703 g/mol. The number of aromatic nitrogens is 3. The van der Waals surface area contributed by atoms with Gasteiger partial charge in [0.05, 0.1) is 0 Å². The Balaban J connectivity index is 0.971. The van der Waals surface area contributed by atoms with Crippen LogP contribution in [-0.2, 0) is 11.8 Å². The van der Waals surface area contributed by atoms with Crippen molar-refractivity contribution in [1.29, 1.82) is 0 Å². The Labute approximate surface area is 339 Å². The highest BCUT2D eigenvalue weighted by Crippen LogP contribution is 2.50. The molecule has 0 saturated carbocycles. The van der Waals surface area contributed by atoms with Crippen LogP contribution in [0.15, 0.2) is 188 Å². The number of nitrogens with zero attached hydrogens (tertiary/aromatic N) is 3. The zero-order valence-electron chi connectivity index (χ0n) is 32.4. The highest BCUT2D eigenvalue weighted by atomic mass is 15.0. The highest BCUT2D eigenvalue weighted by molar-refractivity contribution is 5.90. The first-order valence-corrected chi connectivity index (χ1v) is 20.1. The van der Waals surface area contributed by atoms with E-state index in [1.165, 1.54) is 77.9 Å². The van der Waals surface area contributed by atoms with Gasteiger partial charge in [-0.3, -0.25) is 0 Å². The lowest BCUT2D eigenvalue weighted by Gasteiger charge is -2.21. The SMILES string of the molecule is CC1(C)c2ccccc2-c2ccc(-c3nc(-c4ccccc4)nc(-c4cccc5c4Cc4c(-c6ccc(-c7cccc(-c8ccccc8)c7)cc6)cccc4-5)n3)cc21. The van der Waals surface area contributed by atoms with E-state index in [1.54, 1.807) is 0 Å². The Kier molecular flexibility index (Phi) is 7.90. The van der Waals surface area contributed by atoms with E-state index >= 15 is 0 Å². The van der Waals surface area contributed by atoms with Crippen LogP contribution in [0.4, 0.5) is 0 Å². The van der Waals surface area contributed by atoms with Gasteiger partial charge in [-0.15, -0.1) is 0 Å². The molecule has 11 rings (SSSR count). The van der Waals surface area contributed by atoms with Gasteiger partial charge in [0, 0.05) is 28.5 Å². The number of benzene rings is 8. The van der Waals surface area contributed by atoms with Gasteiger partial charge < -0.3 is 0 Å². The maximum atomic E-state index is 5.28. The van der Waals surface area contributed by atoms with Crippen molar-refractivity contribution in [2.24, 2.45) is 0 Å². The van der Waals surface area contributed by atoms with Crippen molar-refractivity contribution in [1.82, 2.24) is 15.0 Å². The number of hydrogen-bond acceptors (Lipinski definition) is 3. The van der Waals surface area contributed by atoms with E-state index in [4.69, 9.17) is 15.0 Å². The standard InChI is InChI=1S/C55H39N3/c1-55(2)50-25-10-9-20-45(50)46-31-30-41(33-51(46)55)53-56-52(38-16-7-4-8-17-38)57-54(58-53)47-24-13-23-44-43-22-12-21-42(48(43)34-49(44)47)37-28-26-36(27-29-37)40-19-11-18-39(32-40)35-14-5-3-6-15-35/h3-33H,34H2,1-2H3. The third-order valence-electron chi connectivity index (χ3n) is 12.2. The van der Waals surface area contributed by atoms with E-state index in [2.05, 4.69) is 184 Å². The monoisotopic (exact) mass is 741 g/mol. The molecule has 3 nitrogen and oxygen atoms in total. The Bertz CT molecular complexity index is 3040. The predicted octanol–water partition coefficient (Wildman–Crippen LogP) is 13.8. The van der Waals surface area contributed by atoms with Gasteiger partial charge >= 0.3 is 0 Å². The smallest absolute Gasteiger partial charge is 0.164 e. The first-order chi connectivity index (χ1) is 28.5. The quantitative estimate of drug-likeness (QED) is 0.170. The van der Waals surface area contributed by atoms with Crippen molar-refractivity contribution >= 4 is 0 Å². The summed E-state index contributed by atoms with van der Waals surface area (Å²) in [5.41, 5.74) is 20.5. The fourth-order valence-corrected chi connectivity index (χ4v) is 9.25. The van der Waals surface area contributed by atoms with Crippen molar-refractivity contribution in [2.45, 2.75) is 25.7 Å². The maximum Gasteiger partial charge on any atom is 0.164 e. The molecule has 2 aliphatic rings. The molecule has 0 amide bonds. The molecule has 0 radical (unpaired) electrons. The van der Waals surface area contributed by atoms with Gasteiger partial charge in [-0.2, -0.15) is 0 Å². The largest absolute Gasteiger partial charge is 0.208 e. The topological polar surface area (TPSA) is 38.7 Å². The first-order valence-electron chi connectivity index (χ1n) is 20.1. The average molecular weight is 742 g/mol. The van der Waals surface area contributed by atoms with E-state index in [-0.39, 0.29) is 5.41 Å². The molecule has 0 fully saturated rings. The summed E-state index contributed by atoms with van der Waals surface area (Å²) in [7, 11) is 0. The molecule has 1 aromatic heterocycles. The van der Waals surface area contributed by atoms with Crippen molar-refractivity contribution in [3.8, 4) is 89.8 Å². The van der Waals surface area contributed by atoms with Gasteiger partial charge in [-0.25, -0.2) is 15.0 Å². The summed E-state index contributed by atoms with van der Waals surface area (Å²) in [6.07, 6.45) is 0.796. The van der Waals surface area contributed by atoms with Crippen LogP contribution in [0.3, 0.4) is 0 Å². The van der Waals surface area contributed by atoms with E-state index in [0.717, 1.165) is 23.1 Å². The first kappa shape index (κ1) is 34.1. The molecule has 9 aromatic rings. The second-order valence-corrected chi connectivity index (χ2v) is 16.0. The molecule has 0 aliphatic heterocycles. The van der Waals surface area contributed by atoms with E-state index in [9.17, 15) is 0 Å². The van der Waals surface area contributed by atoms with Crippen molar-refractivity contribution in [3.63, 3.8) is 0 Å². The number of rotatable bonds is 6. The Hall–Kier alpha value is -7.23. The Morgan fingerprint density at radius 3 is 1.50 bits per heavy atom. The summed E-state index contributed by atoms with van der Waals surface area (Å²) >= 11 is 0. The van der Waals surface area contributed by atoms with Crippen LogP contribution in [-0.4, -0.2) is 15.0 Å². The van der Waals surface area contributed by atoms with Crippen LogP contribution in [0.5, 0.6) is 0 Å². The average Bonchev–Trinajstić information content (AvgIpc) is 3.79. The molecule has 0 atom stereocenters. The molecule has 1 heterocycles. The van der Waals surface area contributed by atoms with Crippen molar-refractivity contribution in [3.05, 3.63) is 210 Å². The molecule has 8 aromatic carbocycles. The molecular formula is C55H39N3. The number of hydrogen-bond donors (Lipinski definition) is 0. The molecule has 0 bridgehead atoms. The second-order valence-electron chi connectivity index (χ2n) is 16.0. The van der Waals surface area contributed by atoms with E-state index in [0.29, 0.717) is 17.5 Å². The molecule has 0 spiro atoms. The van der Waals surface area contributed by atoms with Crippen LogP contribution in [0.1, 0.15) is 36.1 Å². The lowest BCUT2D eigenvalue weighted by molar-refractivity contribution is 0.660. The predicted molar refractivity (Wildman–Crippen MR) is 238 cm³/mol. The third-order valence-corrected chi connectivity index (χ3v) is 12.2. The summed E-state index contributed by atoms with van der Waals surface area (Å²) < 4.78 is 0. The summed E-state index contributed by atoms with van der Waals surface area (Å²) in [4.78, 5) is 15.6. The Morgan fingerprint density at radius 2 is 0.776 bits per heavy atom. The lowest BCUT2D eigenvalue weighted by Crippen LogP contribution is -2.15. The minimum absolute atomic E-state index is 0.127. The fourth-order valence-electron chi connectivity index (χ4n) is 9.25. The van der Waals surface area contributed by atoms with Gasteiger partial charge in [0.1, 0.15) is 0 Å². The fraction of sp³-hybridized carbons (Fsp3) is 0.0727. The zero-order chi connectivity index (χ0) is 38.8. The maximum absolute atomic E-state index is 5.28. The zero-order valence-corrected chi connectivity index (χ0v) is 32.4. The Morgan fingerprint density at radius 1 is 0.310 bits per heavy atom. The van der Waals surface area contributed by atoms with Crippen LogP contribution in [0, 0.1) is 0 Å².